The molecule has 0 aliphatic heterocycles. The van der Waals surface area contributed by atoms with Crippen LogP contribution in [-0.4, -0.2) is 0 Å². The second-order valence-electron chi connectivity index (χ2n) is 16.4. The summed E-state index contributed by atoms with van der Waals surface area (Å²) in [5, 5.41) is 2.21. The highest BCUT2D eigenvalue weighted by Crippen LogP contribution is 2.57. The molecule has 2 heteroatoms. The van der Waals surface area contributed by atoms with Crippen LogP contribution in [0.25, 0.3) is 66.4 Å². The Balaban J connectivity index is 1.27. The first-order valence-electron chi connectivity index (χ1n) is 19.7. The summed E-state index contributed by atoms with van der Waals surface area (Å²) >= 11 is 0. The Hall–Kier alpha value is -6.64. The number of hydrogen-bond donors (Lipinski definition) is 0. The van der Waals surface area contributed by atoms with Crippen molar-refractivity contribution in [3.8, 4) is 44.5 Å². The molecule has 56 heavy (non-hydrogen) atoms. The van der Waals surface area contributed by atoms with Crippen molar-refractivity contribution >= 4 is 39.0 Å². The molecule has 268 valence electrons. The number of benzene rings is 8. The van der Waals surface area contributed by atoms with Crippen LogP contribution < -0.4 is 4.90 Å². The monoisotopic (exact) mass is 719 g/mol. The third kappa shape index (κ3) is 4.56. The van der Waals surface area contributed by atoms with Gasteiger partial charge in [-0.25, -0.2) is 0 Å². The minimum atomic E-state index is -0.134. The van der Waals surface area contributed by atoms with Crippen molar-refractivity contribution in [1.29, 1.82) is 0 Å². The fourth-order valence-corrected chi connectivity index (χ4v) is 10.0. The lowest BCUT2D eigenvalue weighted by Crippen LogP contribution is -2.16. The lowest BCUT2D eigenvalue weighted by molar-refractivity contribution is 0.660. The standard InChI is InChI=1S/C54H41NO/c1-53(2)42-24-11-8-19-37(42)41-33-35(31-32-44(41)53)55(47-28-16-30-49-52(47)39-21-10-13-29-48(39)56-49)46-27-15-22-36(34-17-6-5-7-18-34)51(46)40-23-14-26-45-50(40)38-20-9-12-25-43(38)54(45,3)4/h5-33H,1-4H3. The Morgan fingerprint density at radius 3 is 1.80 bits per heavy atom. The zero-order valence-electron chi connectivity index (χ0n) is 32.1. The minimum absolute atomic E-state index is 0.0980. The van der Waals surface area contributed by atoms with Crippen LogP contribution in [0.3, 0.4) is 0 Å². The van der Waals surface area contributed by atoms with Crippen LogP contribution in [0.15, 0.2) is 180 Å². The van der Waals surface area contributed by atoms with Crippen LogP contribution in [0.1, 0.15) is 49.9 Å². The normalized spacial score (nSPS) is 14.4. The topological polar surface area (TPSA) is 16.4 Å². The number of anilines is 3. The van der Waals surface area contributed by atoms with Crippen LogP contribution in [0.2, 0.25) is 0 Å². The number of para-hydroxylation sites is 1. The molecule has 0 spiro atoms. The molecule has 0 unspecified atom stereocenters. The summed E-state index contributed by atoms with van der Waals surface area (Å²) in [5.41, 5.74) is 20.3. The third-order valence-electron chi connectivity index (χ3n) is 12.7. The van der Waals surface area contributed by atoms with Gasteiger partial charge in [-0.3, -0.25) is 0 Å². The Morgan fingerprint density at radius 1 is 0.393 bits per heavy atom. The summed E-state index contributed by atoms with van der Waals surface area (Å²) in [6.07, 6.45) is 0. The van der Waals surface area contributed by atoms with Crippen molar-refractivity contribution in [3.05, 3.63) is 198 Å². The lowest BCUT2D eigenvalue weighted by Gasteiger charge is -2.31. The van der Waals surface area contributed by atoms with Gasteiger partial charge in [0, 0.05) is 27.5 Å². The van der Waals surface area contributed by atoms with Crippen molar-refractivity contribution in [3.63, 3.8) is 0 Å². The van der Waals surface area contributed by atoms with E-state index in [1.165, 1.54) is 66.8 Å². The molecule has 9 aromatic rings. The molecule has 0 N–H and O–H groups in total. The average Bonchev–Trinajstić information content (AvgIpc) is 3.81. The number of rotatable bonds is 5. The summed E-state index contributed by atoms with van der Waals surface area (Å²) in [6, 6.07) is 64.6. The molecule has 0 fully saturated rings. The fourth-order valence-electron chi connectivity index (χ4n) is 10.0. The van der Waals surface area contributed by atoms with Crippen molar-refractivity contribution < 1.29 is 4.42 Å². The molecule has 0 saturated heterocycles. The summed E-state index contributed by atoms with van der Waals surface area (Å²) in [4.78, 5) is 2.51. The molecular formula is C54H41NO. The molecule has 11 rings (SSSR count). The van der Waals surface area contributed by atoms with E-state index in [4.69, 9.17) is 4.42 Å². The highest BCUT2D eigenvalue weighted by Gasteiger charge is 2.39. The van der Waals surface area contributed by atoms with Gasteiger partial charge in [0.2, 0.25) is 0 Å². The van der Waals surface area contributed by atoms with Crippen LogP contribution in [0.4, 0.5) is 17.1 Å². The second-order valence-corrected chi connectivity index (χ2v) is 16.4. The average molecular weight is 720 g/mol. The number of nitrogens with zero attached hydrogens (tertiary/aromatic N) is 1. The minimum Gasteiger partial charge on any atom is -0.456 e. The van der Waals surface area contributed by atoms with Gasteiger partial charge < -0.3 is 9.32 Å². The SMILES string of the molecule is CC1(C)c2ccccc2-c2cc(N(c3cccc(-c4ccccc4)c3-c3cccc4c3-c3ccccc3C4(C)C)c3cccc4oc5ccccc5c34)ccc21. The largest absolute Gasteiger partial charge is 0.456 e. The van der Waals surface area contributed by atoms with E-state index >= 15 is 0 Å². The number of hydrogen-bond acceptors (Lipinski definition) is 2. The van der Waals surface area contributed by atoms with E-state index in [-0.39, 0.29) is 10.8 Å². The van der Waals surface area contributed by atoms with E-state index in [2.05, 4.69) is 209 Å². The van der Waals surface area contributed by atoms with Gasteiger partial charge in [-0.2, -0.15) is 0 Å². The first kappa shape index (κ1) is 32.8. The molecule has 0 bridgehead atoms. The van der Waals surface area contributed by atoms with Gasteiger partial charge in [0.05, 0.1) is 16.8 Å². The summed E-state index contributed by atoms with van der Waals surface area (Å²) < 4.78 is 6.57. The molecule has 8 aromatic carbocycles. The molecule has 0 amide bonds. The van der Waals surface area contributed by atoms with Gasteiger partial charge in [-0.15, -0.1) is 0 Å². The van der Waals surface area contributed by atoms with Crippen molar-refractivity contribution in [2.45, 2.75) is 38.5 Å². The van der Waals surface area contributed by atoms with Gasteiger partial charge in [0.1, 0.15) is 11.2 Å². The molecular weight excluding hydrogens is 679 g/mol. The summed E-state index contributed by atoms with van der Waals surface area (Å²) in [7, 11) is 0. The maximum atomic E-state index is 6.57. The lowest BCUT2D eigenvalue weighted by atomic mass is 9.81. The fraction of sp³-hybridized carbons (Fsp3) is 0.111. The first-order chi connectivity index (χ1) is 27.3. The molecule has 1 heterocycles. The van der Waals surface area contributed by atoms with E-state index in [1.54, 1.807) is 0 Å². The van der Waals surface area contributed by atoms with E-state index in [9.17, 15) is 0 Å². The van der Waals surface area contributed by atoms with Gasteiger partial charge in [0.25, 0.3) is 0 Å². The van der Waals surface area contributed by atoms with E-state index < -0.39 is 0 Å². The molecule has 1 aromatic heterocycles. The predicted octanol–water partition coefficient (Wildman–Crippen LogP) is 15.0. The number of furan rings is 1. The highest BCUT2D eigenvalue weighted by molar-refractivity contribution is 6.15. The van der Waals surface area contributed by atoms with Crippen LogP contribution >= 0.6 is 0 Å². The van der Waals surface area contributed by atoms with Crippen LogP contribution in [0, 0.1) is 0 Å². The summed E-state index contributed by atoms with van der Waals surface area (Å²) in [6.45, 7) is 9.44. The number of fused-ring (bicyclic) bond motifs is 9. The highest BCUT2D eigenvalue weighted by atomic mass is 16.3. The molecule has 0 radical (unpaired) electrons. The van der Waals surface area contributed by atoms with Gasteiger partial charge in [0.15, 0.2) is 0 Å². The van der Waals surface area contributed by atoms with Crippen molar-refractivity contribution in [1.82, 2.24) is 0 Å². The molecule has 2 aliphatic carbocycles. The van der Waals surface area contributed by atoms with E-state index in [1.807, 2.05) is 0 Å². The van der Waals surface area contributed by atoms with Gasteiger partial charge >= 0.3 is 0 Å². The Morgan fingerprint density at radius 2 is 0.964 bits per heavy atom. The Kier molecular flexibility index (Phi) is 6.98. The maximum Gasteiger partial charge on any atom is 0.137 e. The quantitative estimate of drug-likeness (QED) is 0.176. The third-order valence-corrected chi connectivity index (χ3v) is 12.7. The first-order valence-corrected chi connectivity index (χ1v) is 19.7. The Labute approximate surface area is 328 Å². The Bertz CT molecular complexity index is 3030. The zero-order chi connectivity index (χ0) is 37.8. The molecule has 0 atom stereocenters. The second kappa shape index (κ2) is 11.9. The van der Waals surface area contributed by atoms with Gasteiger partial charge in [-0.05, 0) is 97.6 Å². The van der Waals surface area contributed by atoms with Crippen molar-refractivity contribution in [2.75, 3.05) is 4.90 Å². The molecule has 2 aliphatic rings. The summed E-state index contributed by atoms with van der Waals surface area (Å²) in [5.74, 6) is 0. The zero-order valence-corrected chi connectivity index (χ0v) is 32.1. The van der Waals surface area contributed by atoms with Crippen LogP contribution in [-0.2, 0) is 10.8 Å². The molecule has 0 saturated carbocycles. The molecule has 2 nitrogen and oxygen atoms in total. The van der Waals surface area contributed by atoms with E-state index in [0.717, 1.165) is 39.0 Å². The van der Waals surface area contributed by atoms with Crippen molar-refractivity contribution in [2.24, 2.45) is 0 Å². The van der Waals surface area contributed by atoms with Crippen LogP contribution in [0.5, 0.6) is 0 Å². The predicted molar refractivity (Wildman–Crippen MR) is 234 cm³/mol. The van der Waals surface area contributed by atoms with E-state index in [0.29, 0.717) is 0 Å². The smallest absolute Gasteiger partial charge is 0.137 e. The van der Waals surface area contributed by atoms with Gasteiger partial charge in [-0.1, -0.05) is 167 Å². The maximum absolute atomic E-state index is 6.57.